The molecule has 0 aromatic carbocycles. The van der Waals surface area contributed by atoms with Gasteiger partial charge in [-0.25, -0.2) is 0 Å². The summed E-state index contributed by atoms with van der Waals surface area (Å²) in [6.45, 7) is 7.41. The highest BCUT2D eigenvalue weighted by Gasteiger charge is 2.08. The van der Waals surface area contributed by atoms with Gasteiger partial charge in [0.2, 0.25) is 0 Å². The molecule has 0 saturated heterocycles. The molecule has 0 aliphatic carbocycles. The lowest BCUT2D eigenvalue weighted by Crippen LogP contribution is -2.30. The van der Waals surface area contributed by atoms with Gasteiger partial charge in [-0.05, 0) is 37.5 Å². The van der Waals surface area contributed by atoms with Gasteiger partial charge in [0.1, 0.15) is 0 Å². The first kappa shape index (κ1) is 28.6. The zero-order chi connectivity index (χ0) is 20.9. The number of methoxy groups -OCH3 is 4. The van der Waals surface area contributed by atoms with Crippen LogP contribution in [0.2, 0.25) is 0 Å². The van der Waals surface area contributed by atoms with Gasteiger partial charge >= 0.3 is 0 Å². The van der Waals surface area contributed by atoms with Gasteiger partial charge in [-0.1, -0.05) is 6.92 Å². The number of ether oxygens (including phenoxy) is 5. The number of hydrogen-bond donors (Lipinski definition) is 0. The highest BCUT2D eigenvalue weighted by Crippen LogP contribution is 2.17. The SMILES string of the molecule is CCCOCCCN(CCPCCC(OC)OC)CCPCCC(OC)OC. The second-order valence-corrected chi connectivity index (χ2v) is 9.69. The van der Waals surface area contributed by atoms with E-state index in [-0.39, 0.29) is 12.6 Å². The van der Waals surface area contributed by atoms with Crippen molar-refractivity contribution in [3.05, 3.63) is 0 Å². The maximum absolute atomic E-state index is 5.64. The lowest BCUT2D eigenvalue weighted by atomic mass is 10.4. The van der Waals surface area contributed by atoms with Crippen molar-refractivity contribution in [2.24, 2.45) is 0 Å². The second-order valence-electron chi connectivity index (χ2n) is 6.69. The first-order valence-corrected chi connectivity index (χ1v) is 13.4. The predicted octanol–water partition coefficient (Wildman–Crippen LogP) is 3.48. The van der Waals surface area contributed by atoms with Crippen molar-refractivity contribution in [3.63, 3.8) is 0 Å². The summed E-state index contributed by atoms with van der Waals surface area (Å²) in [6, 6.07) is 0. The van der Waals surface area contributed by atoms with E-state index in [1.165, 1.54) is 37.7 Å². The van der Waals surface area contributed by atoms with E-state index in [0.717, 1.165) is 62.6 Å². The third kappa shape index (κ3) is 17.5. The van der Waals surface area contributed by atoms with Crippen molar-refractivity contribution in [2.75, 3.05) is 85.9 Å². The molecular weight excluding hydrogens is 396 g/mol. The zero-order valence-electron chi connectivity index (χ0n) is 18.8. The molecular formula is C20H45NO5P2. The molecule has 0 aliphatic heterocycles. The molecule has 2 atom stereocenters. The first-order valence-electron chi connectivity index (χ1n) is 10.5. The average Bonchev–Trinajstić information content (AvgIpc) is 2.72. The van der Waals surface area contributed by atoms with Crippen LogP contribution in [-0.4, -0.2) is 103 Å². The van der Waals surface area contributed by atoms with E-state index < -0.39 is 0 Å². The summed E-state index contributed by atoms with van der Waals surface area (Å²) in [6.07, 6.45) is 8.95. The molecule has 0 amide bonds. The van der Waals surface area contributed by atoms with Gasteiger partial charge < -0.3 is 28.6 Å². The molecule has 0 bridgehead atoms. The van der Waals surface area contributed by atoms with Crippen molar-refractivity contribution >= 4 is 17.2 Å². The van der Waals surface area contributed by atoms with E-state index in [9.17, 15) is 0 Å². The fourth-order valence-electron chi connectivity index (χ4n) is 2.80. The Kier molecular flexibility index (Phi) is 22.8. The minimum atomic E-state index is -0.0523. The second kappa shape index (κ2) is 22.3. The Bertz CT molecular complexity index is 286. The van der Waals surface area contributed by atoms with Crippen molar-refractivity contribution in [3.8, 4) is 0 Å². The monoisotopic (exact) mass is 441 g/mol. The summed E-state index contributed by atoms with van der Waals surface area (Å²) >= 11 is 0. The minimum absolute atomic E-state index is 0.0523. The van der Waals surface area contributed by atoms with Gasteiger partial charge in [0.05, 0.1) is 0 Å². The highest BCUT2D eigenvalue weighted by molar-refractivity contribution is 7.38. The third-order valence-electron chi connectivity index (χ3n) is 4.49. The van der Waals surface area contributed by atoms with Gasteiger partial charge in [0, 0.05) is 74.1 Å². The summed E-state index contributed by atoms with van der Waals surface area (Å²) in [5.74, 6) is 0. The molecule has 0 heterocycles. The van der Waals surface area contributed by atoms with Crippen LogP contribution in [0.1, 0.15) is 32.6 Å². The number of rotatable bonds is 22. The van der Waals surface area contributed by atoms with Crippen LogP contribution in [0.25, 0.3) is 0 Å². The molecule has 0 saturated carbocycles. The molecule has 0 aliphatic rings. The Labute approximate surface area is 177 Å². The van der Waals surface area contributed by atoms with E-state index in [1.54, 1.807) is 28.4 Å². The standard InChI is InChI=1S/C20H45NO5P2/c1-6-13-26-14-7-10-21(11-17-27-15-8-19(22-2)23-3)12-18-28-16-9-20(24-4)25-5/h19-20,27-28H,6-18H2,1-5H3. The first-order chi connectivity index (χ1) is 13.7. The molecule has 0 radical (unpaired) electrons. The fourth-order valence-corrected chi connectivity index (χ4v) is 5.13. The van der Waals surface area contributed by atoms with Crippen molar-refractivity contribution < 1.29 is 23.7 Å². The van der Waals surface area contributed by atoms with Crippen LogP contribution in [0, 0.1) is 0 Å². The van der Waals surface area contributed by atoms with E-state index >= 15 is 0 Å². The molecule has 0 aromatic heterocycles. The molecule has 0 rings (SSSR count). The van der Waals surface area contributed by atoms with Gasteiger partial charge in [0.25, 0.3) is 0 Å². The van der Waals surface area contributed by atoms with Crippen molar-refractivity contribution in [2.45, 2.75) is 45.2 Å². The Balaban J connectivity index is 3.99. The van der Waals surface area contributed by atoms with Crippen LogP contribution in [0.4, 0.5) is 0 Å². The molecule has 8 heteroatoms. The number of nitrogens with zero attached hydrogens (tertiary/aromatic N) is 1. The van der Waals surface area contributed by atoms with E-state index in [4.69, 9.17) is 23.7 Å². The normalized spacial score (nSPS) is 12.9. The summed E-state index contributed by atoms with van der Waals surface area (Å²) in [4.78, 5) is 2.61. The van der Waals surface area contributed by atoms with Gasteiger partial charge in [-0.2, -0.15) is 0 Å². The van der Waals surface area contributed by atoms with Crippen LogP contribution in [0.5, 0.6) is 0 Å². The van der Waals surface area contributed by atoms with E-state index in [0.29, 0.717) is 0 Å². The van der Waals surface area contributed by atoms with E-state index in [2.05, 4.69) is 11.8 Å². The Morgan fingerprint density at radius 1 is 0.679 bits per heavy atom. The van der Waals surface area contributed by atoms with Crippen LogP contribution in [-0.2, 0) is 23.7 Å². The largest absolute Gasteiger partial charge is 0.381 e. The quantitative estimate of drug-likeness (QED) is 0.146. The molecule has 170 valence electrons. The maximum Gasteiger partial charge on any atom is 0.157 e. The summed E-state index contributed by atoms with van der Waals surface area (Å²) in [7, 11) is 8.78. The Morgan fingerprint density at radius 2 is 1.18 bits per heavy atom. The number of hydrogen-bond acceptors (Lipinski definition) is 6. The topological polar surface area (TPSA) is 49.4 Å². The van der Waals surface area contributed by atoms with E-state index in [1.807, 2.05) is 0 Å². The molecule has 0 spiro atoms. The van der Waals surface area contributed by atoms with Gasteiger partial charge in [0.15, 0.2) is 12.6 Å². The average molecular weight is 442 g/mol. The molecule has 6 nitrogen and oxygen atoms in total. The summed E-state index contributed by atoms with van der Waals surface area (Å²) in [5.41, 5.74) is 0. The molecule has 0 fully saturated rings. The lowest BCUT2D eigenvalue weighted by Gasteiger charge is -2.23. The lowest BCUT2D eigenvalue weighted by molar-refractivity contribution is -0.102. The third-order valence-corrected chi connectivity index (χ3v) is 6.93. The van der Waals surface area contributed by atoms with Crippen LogP contribution < -0.4 is 0 Å². The molecule has 28 heavy (non-hydrogen) atoms. The molecule has 0 N–H and O–H groups in total. The van der Waals surface area contributed by atoms with Crippen molar-refractivity contribution in [1.29, 1.82) is 0 Å². The van der Waals surface area contributed by atoms with Crippen LogP contribution >= 0.6 is 17.2 Å². The molecule has 2 unspecified atom stereocenters. The fraction of sp³-hybridized carbons (Fsp3) is 1.00. The van der Waals surface area contributed by atoms with Crippen LogP contribution in [0.15, 0.2) is 0 Å². The molecule has 0 aromatic rings. The van der Waals surface area contributed by atoms with Crippen LogP contribution in [0.3, 0.4) is 0 Å². The maximum atomic E-state index is 5.64. The van der Waals surface area contributed by atoms with Gasteiger partial charge in [-0.3, -0.25) is 0 Å². The zero-order valence-corrected chi connectivity index (χ0v) is 20.8. The summed E-state index contributed by atoms with van der Waals surface area (Å²) in [5, 5.41) is 0. The smallest absolute Gasteiger partial charge is 0.157 e. The Hall–Kier alpha value is 0.620. The minimum Gasteiger partial charge on any atom is -0.381 e. The predicted molar refractivity (Wildman–Crippen MR) is 123 cm³/mol. The van der Waals surface area contributed by atoms with Crippen molar-refractivity contribution in [1.82, 2.24) is 4.90 Å². The highest BCUT2D eigenvalue weighted by atomic mass is 31.1. The summed E-state index contributed by atoms with van der Waals surface area (Å²) < 4.78 is 26.7. The Morgan fingerprint density at radius 3 is 1.61 bits per heavy atom. The van der Waals surface area contributed by atoms with Gasteiger partial charge in [-0.15, -0.1) is 17.2 Å².